The van der Waals surface area contributed by atoms with Crippen molar-refractivity contribution in [2.75, 3.05) is 20.8 Å². The zero-order valence-corrected chi connectivity index (χ0v) is 15.1. The van der Waals surface area contributed by atoms with Crippen LogP contribution >= 0.6 is 0 Å². The highest BCUT2D eigenvalue weighted by molar-refractivity contribution is 5.89. The molecule has 0 fully saturated rings. The van der Waals surface area contributed by atoms with Crippen LogP contribution in [-0.4, -0.2) is 31.4 Å². The van der Waals surface area contributed by atoms with E-state index < -0.39 is 0 Å². The molecule has 0 bridgehead atoms. The molecule has 5 heteroatoms. The lowest BCUT2D eigenvalue weighted by Gasteiger charge is -2.10. The highest BCUT2D eigenvalue weighted by Crippen LogP contribution is 2.31. The van der Waals surface area contributed by atoms with Crippen molar-refractivity contribution in [3.8, 4) is 11.5 Å². The van der Waals surface area contributed by atoms with Gasteiger partial charge in [0.2, 0.25) is 0 Å². The van der Waals surface area contributed by atoms with Gasteiger partial charge in [0.05, 0.1) is 26.3 Å². The molecule has 0 N–H and O–H groups in total. The molecule has 5 nitrogen and oxygen atoms in total. The molecule has 0 amide bonds. The smallest absolute Gasteiger partial charge is 0.325 e. The van der Waals surface area contributed by atoms with Crippen molar-refractivity contribution in [2.45, 2.75) is 19.4 Å². The highest BCUT2D eigenvalue weighted by Gasteiger charge is 2.12. The Bertz CT molecular complexity index is 870. The summed E-state index contributed by atoms with van der Waals surface area (Å²) in [5.74, 6) is 1.15. The van der Waals surface area contributed by atoms with Gasteiger partial charge in [-0.3, -0.25) is 4.79 Å². The number of hydrogen-bond acceptors (Lipinski definition) is 4. The fourth-order valence-corrected chi connectivity index (χ4v) is 2.95. The minimum Gasteiger partial charge on any atom is -0.497 e. The summed E-state index contributed by atoms with van der Waals surface area (Å²) < 4.78 is 17.9. The summed E-state index contributed by atoms with van der Waals surface area (Å²) in [6, 6.07) is 15.8. The molecule has 0 saturated carbocycles. The van der Waals surface area contributed by atoms with Crippen LogP contribution in [0.4, 0.5) is 0 Å². The molecule has 0 saturated heterocycles. The van der Waals surface area contributed by atoms with Crippen molar-refractivity contribution < 1.29 is 19.0 Å². The molecule has 1 heterocycles. The predicted molar refractivity (Wildman–Crippen MR) is 101 cm³/mol. The maximum Gasteiger partial charge on any atom is 0.325 e. The van der Waals surface area contributed by atoms with E-state index in [-0.39, 0.29) is 12.5 Å². The SMILES string of the molecule is COc1cc(OC)c2ccn(CC(=O)OCCCc3ccccc3)c2c1. The van der Waals surface area contributed by atoms with Gasteiger partial charge in [-0.25, -0.2) is 0 Å². The summed E-state index contributed by atoms with van der Waals surface area (Å²) in [5.41, 5.74) is 2.13. The topological polar surface area (TPSA) is 49.7 Å². The lowest BCUT2D eigenvalue weighted by Crippen LogP contribution is -2.14. The Kier molecular flexibility index (Phi) is 5.79. The molecule has 0 aliphatic heterocycles. The Balaban J connectivity index is 1.59. The molecular formula is C21H23NO4. The number of aryl methyl sites for hydroxylation is 1. The van der Waals surface area contributed by atoms with Gasteiger partial charge in [0.25, 0.3) is 0 Å². The zero-order chi connectivity index (χ0) is 18.4. The summed E-state index contributed by atoms with van der Waals surface area (Å²) in [7, 11) is 3.22. The Morgan fingerprint density at radius 2 is 1.85 bits per heavy atom. The van der Waals surface area contributed by atoms with E-state index in [0.29, 0.717) is 18.1 Å². The van der Waals surface area contributed by atoms with Crippen LogP contribution in [0, 0.1) is 0 Å². The summed E-state index contributed by atoms with van der Waals surface area (Å²) >= 11 is 0. The Hall–Kier alpha value is -2.95. The largest absolute Gasteiger partial charge is 0.497 e. The van der Waals surface area contributed by atoms with E-state index in [9.17, 15) is 4.79 Å². The summed E-state index contributed by atoms with van der Waals surface area (Å²) in [6.07, 6.45) is 3.57. The lowest BCUT2D eigenvalue weighted by atomic mass is 10.1. The zero-order valence-electron chi connectivity index (χ0n) is 15.1. The van der Waals surface area contributed by atoms with Gasteiger partial charge in [0.15, 0.2) is 0 Å². The first kappa shape index (κ1) is 17.9. The van der Waals surface area contributed by atoms with Crippen LogP contribution in [0.2, 0.25) is 0 Å². The first-order valence-corrected chi connectivity index (χ1v) is 8.61. The maximum absolute atomic E-state index is 12.2. The van der Waals surface area contributed by atoms with Crippen LogP contribution < -0.4 is 9.47 Å². The molecule has 136 valence electrons. The highest BCUT2D eigenvalue weighted by atomic mass is 16.5. The molecule has 0 aliphatic carbocycles. The number of fused-ring (bicyclic) bond motifs is 1. The van der Waals surface area contributed by atoms with E-state index in [1.165, 1.54) is 5.56 Å². The third-order valence-electron chi connectivity index (χ3n) is 4.30. The second-order valence-electron chi connectivity index (χ2n) is 6.02. The van der Waals surface area contributed by atoms with Gasteiger partial charge >= 0.3 is 5.97 Å². The Morgan fingerprint density at radius 3 is 2.58 bits per heavy atom. The van der Waals surface area contributed by atoms with Crippen LogP contribution in [0.3, 0.4) is 0 Å². The Labute approximate surface area is 153 Å². The van der Waals surface area contributed by atoms with Crippen molar-refractivity contribution in [1.29, 1.82) is 0 Å². The molecule has 0 radical (unpaired) electrons. The number of aromatic nitrogens is 1. The standard InChI is InChI=1S/C21H23NO4/c1-24-17-13-19-18(20(14-17)25-2)10-11-22(19)15-21(23)26-12-6-9-16-7-4-3-5-8-16/h3-5,7-8,10-11,13-14H,6,9,12,15H2,1-2H3. The molecule has 0 aliphatic rings. The van der Waals surface area contributed by atoms with E-state index in [2.05, 4.69) is 12.1 Å². The van der Waals surface area contributed by atoms with Crippen molar-refractivity contribution in [3.05, 3.63) is 60.3 Å². The van der Waals surface area contributed by atoms with Gasteiger partial charge in [-0.1, -0.05) is 30.3 Å². The van der Waals surface area contributed by atoms with Gasteiger partial charge in [-0.2, -0.15) is 0 Å². The normalized spacial score (nSPS) is 10.7. The number of carbonyl (C=O) groups is 1. The number of benzene rings is 2. The second kappa shape index (κ2) is 8.43. The number of methoxy groups -OCH3 is 2. The fraction of sp³-hybridized carbons (Fsp3) is 0.286. The fourth-order valence-electron chi connectivity index (χ4n) is 2.95. The first-order valence-electron chi connectivity index (χ1n) is 8.61. The molecule has 3 rings (SSSR count). The van der Waals surface area contributed by atoms with E-state index >= 15 is 0 Å². The van der Waals surface area contributed by atoms with Crippen molar-refractivity contribution in [2.24, 2.45) is 0 Å². The van der Waals surface area contributed by atoms with E-state index in [0.717, 1.165) is 23.7 Å². The van der Waals surface area contributed by atoms with E-state index in [1.807, 2.05) is 47.2 Å². The predicted octanol–water partition coefficient (Wildman–Crippen LogP) is 3.83. The van der Waals surface area contributed by atoms with Gasteiger partial charge in [0.1, 0.15) is 18.0 Å². The monoisotopic (exact) mass is 353 g/mol. The van der Waals surface area contributed by atoms with Gasteiger partial charge in [0, 0.05) is 23.7 Å². The summed E-state index contributed by atoms with van der Waals surface area (Å²) in [4.78, 5) is 12.2. The van der Waals surface area contributed by atoms with Crippen molar-refractivity contribution in [3.63, 3.8) is 0 Å². The van der Waals surface area contributed by atoms with Gasteiger partial charge in [-0.05, 0) is 24.5 Å². The van der Waals surface area contributed by atoms with Crippen LogP contribution in [0.25, 0.3) is 10.9 Å². The number of nitrogens with zero attached hydrogens (tertiary/aromatic N) is 1. The molecule has 3 aromatic rings. The van der Waals surface area contributed by atoms with Crippen molar-refractivity contribution in [1.82, 2.24) is 4.57 Å². The molecule has 0 unspecified atom stereocenters. The number of carbonyl (C=O) groups excluding carboxylic acids is 1. The number of hydrogen-bond donors (Lipinski definition) is 0. The maximum atomic E-state index is 12.2. The van der Waals surface area contributed by atoms with Crippen LogP contribution in [-0.2, 0) is 22.5 Å². The first-order chi connectivity index (χ1) is 12.7. The quantitative estimate of drug-likeness (QED) is 0.456. The number of ether oxygens (including phenoxy) is 3. The average Bonchev–Trinajstić information content (AvgIpc) is 3.08. The van der Waals surface area contributed by atoms with Crippen molar-refractivity contribution >= 4 is 16.9 Å². The Morgan fingerprint density at radius 1 is 1.04 bits per heavy atom. The molecule has 0 atom stereocenters. The second-order valence-corrected chi connectivity index (χ2v) is 6.02. The minimum atomic E-state index is -0.252. The lowest BCUT2D eigenvalue weighted by molar-refractivity contribution is -0.144. The minimum absolute atomic E-state index is 0.158. The number of esters is 1. The molecule has 2 aromatic carbocycles. The molecule has 26 heavy (non-hydrogen) atoms. The van der Waals surface area contributed by atoms with Crippen LogP contribution in [0.15, 0.2) is 54.7 Å². The van der Waals surface area contributed by atoms with Gasteiger partial charge in [-0.15, -0.1) is 0 Å². The third-order valence-corrected chi connectivity index (χ3v) is 4.30. The van der Waals surface area contributed by atoms with Crippen LogP contribution in [0.5, 0.6) is 11.5 Å². The van der Waals surface area contributed by atoms with Gasteiger partial charge < -0.3 is 18.8 Å². The summed E-state index contributed by atoms with van der Waals surface area (Å²) in [6.45, 7) is 0.574. The molecule has 0 spiro atoms. The van der Waals surface area contributed by atoms with E-state index in [1.54, 1.807) is 14.2 Å². The van der Waals surface area contributed by atoms with E-state index in [4.69, 9.17) is 14.2 Å². The molecular weight excluding hydrogens is 330 g/mol. The average molecular weight is 353 g/mol. The summed E-state index contributed by atoms with van der Waals surface area (Å²) in [5, 5.41) is 0.935. The molecule has 1 aromatic heterocycles. The van der Waals surface area contributed by atoms with Crippen LogP contribution in [0.1, 0.15) is 12.0 Å². The third kappa shape index (κ3) is 4.17. The number of rotatable bonds is 8.